The summed E-state index contributed by atoms with van der Waals surface area (Å²) in [6.45, 7) is 0.346. The number of aromatic nitrogens is 2. The summed E-state index contributed by atoms with van der Waals surface area (Å²) in [5.41, 5.74) is 0.870. The molecule has 0 unspecified atom stereocenters. The Morgan fingerprint density at radius 2 is 2.26 bits per heavy atom. The van der Waals surface area contributed by atoms with Gasteiger partial charge in [0.05, 0.1) is 6.04 Å². The van der Waals surface area contributed by atoms with Crippen molar-refractivity contribution < 1.29 is 8.91 Å². The van der Waals surface area contributed by atoms with Crippen LogP contribution in [0.25, 0.3) is 11.4 Å². The number of alkyl halides is 1. The van der Waals surface area contributed by atoms with Crippen molar-refractivity contribution >= 4 is 28.3 Å². The van der Waals surface area contributed by atoms with Gasteiger partial charge in [-0.25, -0.2) is 4.39 Å². The molecule has 0 aliphatic carbocycles. The quantitative estimate of drug-likeness (QED) is 0.905. The highest BCUT2D eigenvalue weighted by atomic mass is 79.9. The van der Waals surface area contributed by atoms with Crippen molar-refractivity contribution in [2.24, 2.45) is 0 Å². The maximum atomic E-state index is 13.1. The van der Waals surface area contributed by atoms with E-state index in [1.54, 1.807) is 0 Å². The molecule has 2 aromatic rings. The molecule has 19 heavy (non-hydrogen) atoms. The number of hydrogen-bond acceptors (Lipinski definition) is 4. The summed E-state index contributed by atoms with van der Waals surface area (Å²) in [6.07, 6.45) is -0.448. The average Bonchev–Trinajstić information content (AvgIpc) is 2.97. The number of halogens is 3. The monoisotopic (exact) mass is 347 g/mol. The number of nitrogens with one attached hydrogen (secondary N) is 1. The molecule has 1 aliphatic rings. The van der Waals surface area contributed by atoms with Gasteiger partial charge in [-0.1, -0.05) is 33.2 Å². The van der Waals surface area contributed by atoms with E-state index in [0.717, 1.165) is 10.0 Å². The molecule has 0 bridgehead atoms. The lowest BCUT2D eigenvalue weighted by Crippen LogP contribution is -2.14. The van der Waals surface area contributed by atoms with E-state index in [1.165, 1.54) is 0 Å². The van der Waals surface area contributed by atoms with Crippen LogP contribution >= 0.6 is 28.3 Å². The molecule has 1 aromatic carbocycles. The van der Waals surface area contributed by atoms with Crippen molar-refractivity contribution in [2.75, 3.05) is 6.54 Å². The lowest BCUT2D eigenvalue weighted by atomic mass is 10.2. The molecule has 1 aromatic heterocycles. The van der Waals surface area contributed by atoms with Gasteiger partial charge in [0.25, 0.3) is 0 Å². The van der Waals surface area contributed by atoms with Crippen molar-refractivity contribution in [3.63, 3.8) is 0 Å². The number of benzene rings is 1. The minimum atomic E-state index is -0.837. The van der Waals surface area contributed by atoms with Crippen molar-refractivity contribution in [1.29, 1.82) is 0 Å². The standard InChI is InChI=1S/C12H11BrFN3O.ClH/c13-8-3-1-2-7(4-8)11-16-12(18-17-11)10-5-9(14)6-15-10;/h1-4,9-10,15H,5-6H2;1H/t9-,10+;/m0./s1. The minimum Gasteiger partial charge on any atom is -0.337 e. The average molecular weight is 349 g/mol. The van der Waals surface area contributed by atoms with Crippen LogP contribution in [0.2, 0.25) is 0 Å². The van der Waals surface area contributed by atoms with Gasteiger partial charge in [-0.15, -0.1) is 12.4 Å². The molecule has 7 heteroatoms. The first-order valence-corrected chi connectivity index (χ1v) is 6.48. The Kier molecular flexibility index (Phi) is 4.54. The molecular weight excluding hydrogens is 337 g/mol. The maximum Gasteiger partial charge on any atom is 0.244 e. The normalized spacial score (nSPS) is 22.2. The van der Waals surface area contributed by atoms with Gasteiger partial charge in [-0.2, -0.15) is 4.98 Å². The summed E-state index contributed by atoms with van der Waals surface area (Å²) in [7, 11) is 0. The zero-order valence-corrected chi connectivity index (χ0v) is 12.2. The third-order valence-corrected chi connectivity index (χ3v) is 3.39. The fourth-order valence-electron chi connectivity index (χ4n) is 2.00. The smallest absolute Gasteiger partial charge is 0.244 e. The van der Waals surface area contributed by atoms with E-state index in [9.17, 15) is 4.39 Å². The second-order valence-corrected chi connectivity index (χ2v) is 5.18. The SMILES string of the molecule is Cl.F[C@@H]1CN[C@@H](c2nc(-c3cccc(Br)c3)no2)C1. The molecule has 0 amide bonds. The topological polar surface area (TPSA) is 51.0 Å². The van der Waals surface area contributed by atoms with Crippen LogP contribution in [0.3, 0.4) is 0 Å². The zero-order chi connectivity index (χ0) is 12.5. The Morgan fingerprint density at radius 1 is 1.42 bits per heavy atom. The largest absolute Gasteiger partial charge is 0.337 e. The molecule has 0 saturated carbocycles. The van der Waals surface area contributed by atoms with Crippen LogP contribution in [-0.2, 0) is 0 Å². The van der Waals surface area contributed by atoms with E-state index >= 15 is 0 Å². The van der Waals surface area contributed by atoms with E-state index in [2.05, 4.69) is 31.4 Å². The van der Waals surface area contributed by atoms with Crippen molar-refractivity contribution in [3.8, 4) is 11.4 Å². The molecule has 1 aliphatic heterocycles. The van der Waals surface area contributed by atoms with Crippen LogP contribution in [-0.4, -0.2) is 22.9 Å². The molecule has 2 atom stereocenters. The van der Waals surface area contributed by atoms with Gasteiger partial charge in [-0.05, 0) is 12.1 Å². The van der Waals surface area contributed by atoms with E-state index in [4.69, 9.17) is 4.52 Å². The summed E-state index contributed by atoms with van der Waals surface area (Å²) in [4.78, 5) is 4.31. The molecule has 1 N–H and O–H groups in total. The molecule has 1 saturated heterocycles. The van der Waals surface area contributed by atoms with Gasteiger partial charge in [0.15, 0.2) is 0 Å². The Hall–Kier alpha value is -0.980. The highest BCUT2D eigenvalue weighted by Gasteiger charge is 2.29. The fraction of sp³-hybridized carbons (Fsp3) is 0.333. The number of rotatable bonds is 2. The molecule has 0 spiro atoms. The van der Waals surface area contributed by atoms with Crippen molar-refractivity contribution in [1.82, 2.24) is 15.5 Å². The van der Waals surface area contributed by atoms with Gasteiger partial charge >= 0.3 is 0 Å². The van der Waals surface area contributed by atoms with E-state index in [0.29, 0.717) is 24.7 Å². The van der Waals surface area contributed by atoms with Crippen molar-refractivity contribution in [2.45, 2.75) is 18.6 Å². The molecule has 3 rings (SSSR count). The summed E-state index contributed by atoms with van der Waals surface area (Å²) in [6, 6.07) is 7.47. The van der Waals surface area contributed by atoms with Crippen LogP contribution in [0.5, 0.6) is 0 Å². The third-order valence-electron chi connectivity index (χ3n) is 2.90. The first kappa shape index (κ1) is 14.4. The molecule has 2 heterocycles. The van der Waals surface area contributed by atoms with E-state index in [1.807, 2.05) is 24.3 Å². The molecule has 102 valence electrons. The highest BCUT2D eigenvalue weighted by Crippen LogP contribution is 2.26. The van der Waals surface area contributed by atoms with Crippen LogP contribution in [0.15, 0.2) is 33.3 Å². The second-order valence-electron chi connectivity index (χ2n) is 4.26. The van der Waals surface area contributed by atoms with E-state index in [-0.39, 0.29) is 18.4 Å². The lowest BCUT2D eigenvalue weighted by Gasteiger charge is -2.01. The molecular formula is C12H12BrClFN3O. The van der Waals surface area contributed by atoms with Gasteiger partial charge in [0.2, 0.25) is 11.7 Å². The van der Waals surface area contributed by atoms with Crippen LogP contribution in [0.1, 0.15) is 18.4 Å². The van der Waals surface area contributed by atoms with Gasteiger partial charge in [0, 0.05) is 23.0 Å². The molecule has 0 radical (unpaired) electrons. The lowest BCUT2D eigenvalue weighted by molar-refractivity contribution is 0.324. The predicted molar refractivity (Wildman–Crippen MR) is 74.9 cm³/mol. The van der Waals surface area contributed by atoms with E-state index < -0.39 is 6.17 Å². The summed E-state index contributed by atoms with van der Waals surface area (Å²) < 4.78 is 19.2. The second kappa shape index (κ2) is 5.98. The Bertz CT molecular complexity index is 565. The number of nitrogens with zero attached hydrogens (tertiary/aromatic N) is 2. The zero-order valence-electron chi connectivity index (χ0n) is 9.85. The van der Waals surface area contributed by atoms with Crippen molar-refractivity contribution in [3.05, 3.63) is 34.6 Å². The first-order valence-electron chi connectivity index (χ1n) is 5.69. The maximum absolute atomic E-state index is 13.1. The predicted octanol–water partition coefficient (Wildman–Crippen LogP) is 3.29. The Labute approximate surface area is 124 Å². The first-order chi connectivity index (χ1) is 8.72. The summed E-state index contributed by atoms with van der Waals surface area (Å²) in [5.74, 6) is 0.973. The highest BCUT2D eigenvalue weighted by molar-refractivity contribution is 9.10. The van der Waals surface area contributed by atoms with Gasteiger partial charge in [0.1, 0.15) is 6.17 Å². The summed E-state index contributed by atoms with van der Waals surface area (Å²) >= 11 is 3.39. The summed E-state index contributed by atoms with van der Waals surface area (Å²) in [5, 5.41) is 6.95. The Morgan fingerprint density at radius 3 is 2.95 bits per heavy atom. The molecule has 4 nitrogen and oxygen atoms in total. The van der Waals surface area contributed by atoms with Crippen LogP contribution in [0.4, 0.5) is 4.39 Å². The minimum absolute atomic E-state index is 0. The van der Waals surface area contributed by atoms with Crippen LogP contribution in [0, 0.1) is 0 Å². The van der Waals surface area contributed by atoms with Gasteiger partial charge in [-0.3, -0.25) is 0 Å². The third kappa shape index (κ3) is 3.13. The Balaban J connectivity index is 0.00000133. The van der Waals surface area contributed by atoms with Gasteiger partial charge < -0.3 is 9.84 Å². The molecule has 1 fully saturated rings. The van der Waals surface area contributed by atoms with Crippen LogP contribution < -0.4 is 5.32 Å². The fourth-order valence-corrected chi connectivity index (χ4v) is 2.40. The number of hydrogen-bond donors (Lipinski definition) is 1.